The van der Waals surface area contributed by atoms with E-state index in [1.807, 2.05) is 19.1 Å². The van der Waals surface area contributed by atoms with E-state index < -0.39 is 0 Å². The normalized spacial score (nSPS) is 13.3. The third-order valence-electron chi connectivity index (χ3n) is 5.78. The zero-order chi connectivity index (χ0) is 21.3. The fourth-order valence-corrected chi connectivity index (χ4v) is 4.92. The van der Waals surface area contributed by atoms with Crippen LogP contribution in [0.5, 0.6) is 0 Å². The van der Waals surface area contributed by atoms with Gasteiger partial charge in [0.05, 0.1) is 5.69 Å². The first kappa shape index (κ1) is 20.4. The van der Waals surface area contributed by atoms with Crippen molar-refractivity contribution in [3.63, 3.8) is 0 Å². The molecule has 2 aromatic carbocycles. The zero-order valence-electron chi connectivity index (χ0n) is 17.2. The first-order chi connectivity index (χ1) is 14.4. The number of nitro groups is 1. The number of rotatable bonds is 6. The number of hydrogen-bond donors (Lipinski definition) is 0. The number of carbonyl (C=O) groups is 1. The van der Waals surface area contributed by atoms with Crippen LogP contribution in [0.25, 0.3) is 10.6 Å². The summed E-state index contributed by atoms with van der Waals surface area (Å²) in [6.07, 6.45) is 3.73. The van der Waals surface area contributed by atoms with E-state index >= 15 is 0 Å². The molecule has 0 N–H and O–H groups in total. The number of Topliss-reactive ketones (excluding diaryl/α,β-unsaturated/α-hetero) is 1. The maximum Gasteiger partial charge on any atom is 0.207 e. The summed E-state index contributed by atoms with van der Waals surface area (Å²) in [6.45, 7) is 4.03. The molecule has 6 heteroatoms. The van der Waals surface area contributed by atoms with Crippen molar-refractivity contribution in [2.75, 3.05) is 6.54 Å². The number of thiazole rings is 1. The maximum absolute atomic E-state index is 12.1. The van der Waals surface area contributed by atoms with Crippen LogP contribution in [0.1, 0.15) is 56.7 Å². The molecule has 154 valence electrons. The van der Waals surface area contributed by atoms with Gasteiger partial charge in [-0.05, 0) is 60.6 Å². The third-order valence-corrected chi connectivity index (χ3v) is 6.72. The lowest BCUT2D eigenvalue weighted by Gasteiger charge is -2.15. The molecule has 0 spiro atoms. The predicted octanol–water partition coefficient (Wildman–Crippen LogP) is 5.36. The maximum atomic E-state index is 12.1. The molecule has 0 saturated heterocycles. The largest absolute Gasteiger partial charge is 0.294 e. The molecular weight excluding hydrogens is 396 g/mol. The Morgan fingerprint density at radius 2 is 1.87 bits per heavy atom. The summed E-state index contributed by atoms with van der Waals surface area (Å²) >= 11 is 1.63. The first-order valence-corrected chi connectivity index (χ1v) is 11.1. The fourth-order valence-electron chi connectivity index (χ4n) is 4.10. The number of benzene rings is 2. The monoisotopic (exact) mass is 420 g/mol. The number of ketones is 1. The van der Waals surface area contributed by atoms with Gasteiger partial charge in [0.2, 0.25) is 6.54 Å². The number of carbonyl (C=O) groups excluding carboxylic acids is 1. The van der Waals surface area contributed by atoms with E-state index in [2.05, 4.69) is 30.5 Å². The number of nitrogens with zero attached hydrogens (tertiary/aromatic N) is 2. The molecule has 4 rings (SSSR count). The Hall–Kier alpha value is -2.86. The molecule has 1 heterocycles. The van der Waals surface area contributed by atoms with Gasteiger partial charge in [0.15, 0.2) is 5.78 Å². The van der Waals surface area contributed by atoms with Gasteiger partial charge in [-0.15, -0.1) is 11.3 Å². The average molecular weight is 421 g/mol. The highest BCUT2D eigenvalue weighted by Gasteiger charge is 2.18. The lowest BCUT2D eigenvalue weighted by Crippen LogP contribution is -2.10. The Kier molecular flexibility index (Phi) is 5.77. The van der Waals surface area contributed by atoms with Gasteiger partial charge in [-0.1, -0.05) is 24.3 Å². The van der Waals surface area contributed by atoms with Crippen LogP contribution in [0.3, 0.4) is 0 Å². The standard InChI is InChI=1S/C24H24N2O3S/c1-15-11-20(16(2)10-17(15)8-9-26(28)29)13-21-14-30-24(25-21)19-6-7-22-18(12-19)4-3-5-23(22)27/h6-7,10-12,14H,3-5,8-9,13H2,1-2H3. The molecule has 1 aliphatic rings. The lowest BCUT2D eigenvalue weighted by atomic mass is 9.89. The number of aryl methyl sites for hydroxylation is 3. The number of fused-ring (bicyclic) bond motifs is 1. The van der Waals surface area contributed by atoms with Crippen LogP contribution < -0.4 is 0 Å². The van der Waals surface area contributed by atoms with E-state index in [1.165, 1.54) is 5.56 Å². The zero-order valence-corrected chi connectivity index (χ0v) is 18.1. The van der Waals surface area contributed by atoms with E-state index in [9.17, 15) is 14.9 Å². The van der Waals surface area contributed by atoms with Crippen molar-refractivity contribution < 1.29 is 9.72 Å². The summed E-state index contributed by atoms with van der Waals surface area (Å²) < 4.78 is 0. The molecular formula is C24H24N2O3S. The van der Waals surface area contributed by atoms with Crippen molar-refractivity contribution in [2.24, 2.45) is 0 Å². The summed E-state index contributed by atoms with van der Waals surface area (Å²) in [4.78, 5) is 27.3. The van der Waals surface area contributed by atoms with E-state index in [1.54, 1.807) is 11.3 Å². The molecule has 0 atom stereocenters. The van der Waals surface area contributed by atoms with E-state index in [4.69, 9.17) is 4.98 Å². The second-order valence-corrected chi connectivity index (χ2v) is 8.84. The van der Waals surface area contributed by atoms with Crippen LogP contribution in [0.4, 0.5) is 0 Å². The van der Waals surface area contributed by atoms with Crippen LogP contribution in [-0.2, 0) is 19.3 Å². The van der Waals surface area contributed by atoms with Gasteiger partial charge in [0, 0.05) is 40.7 Å². The third kappa shape index (κ3) is 4.33. The predicted molar refractivity (Wildman–Crippen MR) is 119 cm³/mol. The Morgan fingerprint density at radius 3 is 2.67 bits per heavy atom. The van der Waals surface area contributed by atoms with Gasteiger partial charge in [0.1, 0.15) is 5.01 Å². The Bertz CT molecular complexity index is 1130. The van der Waals surface area contributed by atoms with E-state index in [-0.39, 0.29) is 17.3 Å². The highest BCUT2D eigenvalue weighted by molar-refractivity contribution is 7.13. The summed E-state index contributed by atoms with van der Waals surface area (Å²) in [5.74, 6) is 0.245. The number of aromatic nitrogens is 1. The first-order valence-electron chi connectivity index (χ1n) is 10.2. The van der Waals surface area contributed by atoms with Gasteiger partial charge >= 0.3 is 0 Å². The van der Waals surface area contributed by atoms with Gasteiger partial charge in [0.25, 0.3) is 0 Å². The summed E-state index contributed by atoms with van der Waals surface area (Å²) in [5, 5.41) is 13.7. The molecule has 3 aromatic rings. The van der Waals surface area contributed by atoms with Gasteiger partial charge in [-0.3, -0.25) is 14.9 Å². The SMILES string of the molecule is Cc1cc(Cc2csc(-c3ccc4c(c3)CCCC4=O)n2)c(C)cc1CC[N+](=O)[O-]. The second kappa shape index (κ2) is 8.48. The minimum atomic E-state index is -0.268. The molecule has 0 bridgehead atoms. The molecule has 0 saturated carbocycles. The minimum Gasteiger partial charge on any atom is -0.294 e. The van der Waals surface area contributed by atoms with E-state index in [0.717, 1.165) is 63.3 Å². The van der Waals surface area contributed by atoms with Crippen LogP contribution >= 0.6 is 11.3 Å². The van der Waals surface area contributed by atoms with Crippen molar-refractivity contribution >= 4 is 17.1 Å². The molecule has 30 heavy (non-hydrogen) atoms. The Morgan fingerprint density at radius 1 is 1.10 bits per heavy atom. The van der Waals surface area contributed by atoms with Crippen molar-refractivity contribution in [1.82, 2.24) is 4.98 Å². The quantitative estimate of drug-likeness (QED) is 0.398. The molecule has 0 radical (unpaired) electrons. The smallest absolute Gasteiger partial charge is 0.207 e. The summed E-state index contributed by atoms with van der Waals surface area (Å²) in [5.41, 5.74) is 8.56. The van der Waals surface area contributed by atoms with Crippen molar-refractivity contribution in [3.05, 3.63) is 84.9 Å². The van der Waals surface area contributed by atoms with Gasteiger partial charge in [-0.2, -0.15) is 0 Å². The summed E-state index contributed by atoms with van der Waals surface area (Å²) in [7, 11) is 0. The van der Waals surface area contributed by atoms with Crippen LogP contribution in [0, 0.1) is 24.0 Å². The Labute approximate surface area is 179 Å². The van der Waals surface area contributed by atoms with Crippen molar-refractivity contribution in [2.45, 2.75) is 46.0 Å². The molecule has 0 fully saturated rings. The van der Waals surface area contributed by atoms with Crippen LogP contribution in [-0.4, -0.2) is 22.2 Å². The van der Waals surface area contributed by atoms with Gasteiger partial charge in [-0.25, -0.2) is 4.98 Å². The molecule has 1 aromatic heterocycles. The van der Waals surface area contributed by atoms with E-state index in [0.29, 0.717) is 12.8 Å². The lowest BCUT2D eigenvalue weighted by molar-refractivity contribution is -0.479. The molecule has 1 aliphatic carbocycles. The highest BCUT2D eigenvalue weighted by atomic mass is 32.1. The average Bonchev–Trinajstić information content (AvgIpc) is 3.18. The molecule has 0 aliphatic heterocycles. The highest BCUT2D eigenvalue weighted by Crippen LogP contribution is 2.30. The van der Waals surface area contributed by atoms with Gasteiger partial charge < -0.3 is 0 Å². The topological polar surface area (TPSA) is 73.1 Å². The van der Waals surface area contributed by atoms with Crippen LogP contribution in [0.15, 0.2) is 35.7 Å². The number of hydrogen-bond acceptors (Lipinski definition) is 5. The van der Waals surface area contributed by atoms with Crippen molar-refractivity contribution in [3.8, 4) is 10.6 Å². The fraction of sp³-hybridized carbons (Fsp3) is 0.333. The van der Waals surface area contributed by atoms with Crippen LogP contribution in [0.2, 0.25) is 0 Å². The molecule has 0 unspecified atom stereocenters. The molecule has 0 amide bonds. The summed E-state index contributed by atoms with van der Waals surface area (Å²) in [6, 6.07) is 10.3. The second-order valence-electron chi connectivity index (χ2n) is 7.98. The molecule has 5 nitrogen and oxygen atoms in total. The Balaban J connectivity index is 1.53. The van der Waals surface area contributed by atoms with Crippen molar-refractivity contribution in [1.29, 1.82) is 0 Å². The minimum absolute atomic E-state index is 0.0402.